The lowest BCUT2D eigenvalue weighted by molar-refractivity contribution is -0.140. The first kappa shape index (κ1) is 8.49. The Morgan fingerprint density at radius 3 is 2.82 bits per heavy atom. The van der Waals surface area contributed by atoms with Gasteiger partial charge in [0.05, 0.1) is 6.61 Å². The molecule has 0 aromatic rings. The molecule has 4 heteroatoms. The predicted octanol–water partition coefficient (Wildman–Crippen LogP) is -0.426. The van der Waals surface area contributed by atoms with Crippen molar-refractivity contribution < 1.29 is 15.0 Å². The third-order valence-corrected chi connectivity index (χ3v) is 2.00. The van der Waals surface area contributed by atoms with E-state index in [-0.39, 0.29) is 12.6 Å². The molecule has 1 aliphatic heterocycles. The Kier molecular flexibility index (Phi) is 2.84. The molecule has 0 radical (unpaired) electrons. The van der Waals surface area contributed by atoms with Crippen molar-refractivity contribution >= 4 is 5.97 Å². The van der Waals surface area contributed by atoms with Crippen molar-refractivity contribution in [2.45, 2.75) is 31.3 Å². The normalized spacial score (nSPS) is 31.7. The number of nitrogens with one attached hydrogen (secondary N) is 1. The second-order valence-electron chi connectivity index (χ2n) is 2.87. The number of carboxylic acid groups (broad SMARTS) is 1. The van der Waals surface area contributed by atoms with Crippen LogP contribution in [-0.2, 0) is 4.79 Å². The topological polar surface area (TPSA) is 69.6 Å². The number of aliphatic carboxylic acids is 1. The van der Waals surface area contributed by atoms with Gasteiger partial charge in [-0.25, -0.2) is 0 Å². The molecule has 0 spiro atoms. The number of aliphatic hydroxyl groups excluding tert-OH is 1. The van der Waals surface area contributed by atoms with Crippen LogP contribution in [-0.4, -0.2) is 34.9 Å². The quantitative estimate of drug-likeness (QED) is 0.511. The van der Waals surface area contributed by atoms with E-state index in [2.05, 4.69) is 5.32 Å². The maximum atomic E-state index is 10.5. The number of rotatable bonds is 2. The number of carboxylic acids is 1. The highest BCUT2D eigenvalue weighted by Gasteiger charge is 2.24. The molecule has 3 N–H and O–H groups in total. The van der Waals surface area contributed by atoms with E-state index in [1.807, 2.05) is 0 Å². The van der Waals surface area contributed by atoms with E-state index >= 15 is 0 Å². The van der Waals surface area contributed by atoms with Gasteiger partial charge in [-0.05, 0) is 19.3 Å². The highest BCUT2D eigenvalue weighted by molar-refractivity contribution is 5.73. The lowest BCUT2D eigenvalue weighted by Gasteiger charge is -2.26. The van der Waals surface area contributed by atoms with Crippen LogP contribution < -0.4 is 5.32 Å². The van der Waals surface area contributed by atoms with Gasteiger partial charge >= 0.3 is 5.97 Å². The van der Waals surface area contributed by atoms with Crippen molar-refractivity contribution in [3.63, 3.8) is 0 Å². The summed E-state index contributed by atoms with van der Waals surface area (Å²) in [7, 11) is 0. The van der Waals surface area contributed by atoms with Crippen LogP contribution in [0.2, 0.25) is 0 Å². The largest absolute Gasteiger partial charge is 0.480 e. The molecule has 1 fully saturated rings. The minimum atomic E-state index is -0.817. The summed E-state index contributed by atoms with van der Waals surface area (Å²) >= 11 is 0. The summed E-state index contributed by atoms with van der Waals surface area (Å²) in [6.45, 7) is 0.0315. The van der Waals surface area contributed by atoms with Gasteiger partial charge in [0.15, 0.2) is 0 Å². The minimum Gasteiger partial charge on any atom is -0.480 e. The average molecular weight is 159 g/mol. The third kappa shape index (κ3) is 2.17. The number of hydrogen-bond donors (Lipinski definition) is 3. The summed E-state index contributed by atoms with van der Waals surface area (Å²) < 4.78 is 0. The second-order valence-corrected chi connectivity index (χ2v) is 2.87. The zero-order valence-corrected chi connectivity index (χ0v) is 6.29. The molecule has 1 rings (SSSR count). The van der Waals surface area contributed by atoms with Crippen LogP contribution in [0.5, 0.6) is 0 Å². The molecular formula is C7H13NO3. The fourth-order valence-corrected chi connectivity index (χ4v) is 1.36. The van der Waals surface area contributed by atoms with E-state index in [1.165, 1.54) is 0 Å². The van der Waals surface area contributed by atoms with Crippen LogP contribution in [0, 0.1) is 0 Å². The Balaban J connectivity index is 2.39. The highest BCUT2D eigenvalue weighted by Crippen LogP contribution is 2.12. The van der Waals surface area contributed by atoms with Gasteiger partial charge in [0, 0.05) is 6.04 Å². The van der Waals surface area contributed by atoms with Gasteiger partial charge in [-0.1, -0.05) is 0 Å². The number of carbonyl (C=O) groups is 1. The van der Waals surface area contributed by atoms with Crippen molar-refractivity contribution in [1.82, 2.24) is 5.32 Å². The van der Waals surface area contributed by atoms with Crippen molar-refractivity contribution in [3.05, 3.63) is 0 Å². The number of aliphatic hydroxyl groups is 1. The van der Waals surface area contributed by atoms with Gasteiger partial charge in [0.1, 0.15) is 6.04 Å². The standard InChI is InChI=1S/C7H13NO3/c9-4-5-2-1-3-6(8-5)7(10)11/h5-6,8-9H,1-4H2,(H,10,11). The first-order valence-electron chi connectivity index (χ1n) is 3.83. The van der Waals surface area contributed by atoms with Crippen LogP contribution in [0.3, 0.4) is 0 Å². The van der Waals surface area contributed by atoms with Crippen molar-refractivity contribution in [1.29, 1.82) is 0 Å². The van der Waals surface area contributed by atoms with Gasteiger partial charge < -0.3 is 10.2 Å². The zero-order valence-electron chi connectivity index (χ0n) is 6.29. The summed E-state index contributed by atoms with van der Waals surface area (Å²) in [6, 6.07) is -0.481. The fraction of sp³-hybridized carbons (Fsp3) is 0.857. The minimum absolute atomic E-state index is 0.0233. The van der Waals surface area contributed by atoms with Gasteiger partial charge in [-0.15, -0.1) is 0 Å². The summed E-state index contributed by atoms with van der Waals surface area (Å²) in [6.07, 6.45) is 2.43. The molecule has 2 atom stereocenters. The number of hydrogen-bond acceptors (Lipinski definition) is 3. The van der Waals surface area contributed by atoms with E-state index in [1.54, 1.807) is 0 Å². The molecular weight excluding hydrogens is 146 g/mol. The fourth-order valence-electron chi connectivity index (χ4n) is 1.36. The maximum Gasteiger partial charge on any atom is 0.320 e. The Labute approximate surface area is 65.2 Å². The molecule has 0 saturated carbocycles. The van der Waals surface area contributed by atoms with Gasteiger partial charge in [-0.3, -0.25) is 10.1 Å². The summed E-state index contributed by atoms with van der Waals surface area (Å²) in [5.41, 5.74) is 0. The molecule has 0 aromatic carbocycles. The molecule has 11 heavy (non-hydrogen) atoms. The van der Waals surface area contributed by atoms with Crippen molar-refractivity contribution in [2.75, 3.05) is 6.61 Å². The van der Waals surface area contributed by atoms with Crippen molar-refractivity contribution in [2.24, 2.45) is 0 Å². The van der Waals surface area contributed by atoms with E-state index in [9.17, 15) is 4.79 Å². The smallest absolute Gasteiger partial charge is 0.320 e. The maximum absolute atomic E-state index is 10.5. The molecule has 1 saturated heterocycles. The SMILES string of the molecule is O=C(O)C1CCCC(CO)N1. The second kappa shape index (κ2) is 3.69. The Morgan fingerprint density at radius 1 is 1.55 bits per heavy atom. The van der Waals surface area contributed by atoms with Crippen LogP contribution in [0.25, 0.3) is 0 Å². The van der Waals surface area contributed by atoms with Gasteiger partial charge in [-0.2, -0.15) is 0 Å². The first-order chi connectivity index (χ1) is 5.24. The number of piperidine rings is 1. The first-order valence-corrected chi connectivity index (χ1v) is 3.83. The molecule has 0 aliphatic carbocycles. The molecule has 0 aromatic heterocycles. The molecule has 1 aliphatic rings. The van der Waals surface area contributed by atoms with Crippen molar-refractivity contribution in [3.8, 4) is 0 Å². The van der Waals surface area contributed by atoms with E-state index in [0.717, 1.165) is 12.8 Å². The predicted molar refractivity (Wildman–Crippen MR) is 39.3 cm³/mol. The van der Waals surface area contributed by atoms with E-state index in [0.29, 0.717) is 6.42 Å². The summed E-state index contributed by atoms with van der Waals surface area (Å²) in [5, 5.41) is 20.2. The molecule has 64 valence electrons. The molecule has 0 bridgehead atoms. The summed E-state index contributed by atoms with van der Waals surface area (Å²) in [5.74, 6) is -0.817. The van der Waals surface area contributed by atoms with E-state index in [4.69, 9.17) is 10.2 Å². The lowest BCUT2D eigenvalue weighted by atomic mass is 9.99. The molecule has 2 unspecified atom stereocenters. The average Bonchev–Trinajstić information content (AvgIpc) is 2.05. The van der Waals surface area contributed by atoms with Crippen LogP contribution >= 0.6 is 0 Å². The monoisotopic (exact) mass is 159 g/mol. The summed E-state index contributed by atoms with van der Waals surface area (Å²) in [4.78, 5) is 10.5. The van der Waals surface area contributed by atoms with Crippen LogP contribution in [0.15, 0.2) is 0 Å². The highest BCUT2D eigenvalue weighted by atomic mass is 16.4. The third-order valence-electron chi connectivity index (χ3n) is 2.00. The molecule has 1 heterocycles. The lowest BCUT2D eigenvalue weighted by Crippen LogP contribution is -2.48. The zero-order chi connectivity index (χ0) is 8.27. The molecule has 0 amide bonds. The molecule has 4 nitrogen and oxygen atoms in total. The van der Waals surface area contributed by atoms with Crippen LogP contribution in [0.1, 0.15) is 19.3 Å². The van der Waals surface area contributed by atoms with E-state index < -0.39 is 12.0 Å². The Hall–Kier alpha value is -0.610. The van der Waals surface area contributed by atoms with Crippen LogP contribution in [0.4, 0.5) is 0 Å². The van der Waals surface area contributed by atoms with Gasteiger partial charge in [0.2, 0.25) is 0 Å². The Bertz CT molecular complexity index is 149. The van der Waals surface area contributed by atoms with Gasteiger partial charge in [0.25, 0.3) is 0 Å². The Morgan fingerprint density at radius 2 is 2.27 bits per heavy atom.